The highest BCUT2D eigenvalue weighted by molar-refractivity contribution is 7.99. The molecule has 1 unspecified atom stereocenters. The van der Waals surface area contributed by atoms with Crippen molar-refractivity contribution >= 4 is 27.5 Å². The fourth-order valence-corrected chi connectivity index (χ4v) is 4.67. The van der Waals surface area contributed by atoms with E-state index in [1.54, 1.807) is 12.1 Å². The lowest BCUT2D eigenvalue weighted by atomic mass is 10.1. The number of benzene rings is 1. The first kappa shape index (κ1) is 15.7. The van der Waals surface area contributed by atoms with Crippen molar-refractivity contribution in [2.24, 2.45) is 5.92 Å². The maximum atomic E-state index is 12.0. The van der Waals surface area contributed by atoms with E-state index in [-0.39, 0.29) is 6.04 Å². The van der Waals surface area contributed by atoms with Gasteiger partial charge in [0, 0.05) is 18.3 Å². The van der Waals surface area contributed by atoms with E-state index in [1.165, 1.54) is 17.9 Å². The molecule has 1 aliphatic rings. The Labute approximate surface area is 125 Å². The molecule has 0 bridgehead atoms. The molecule has 2 N–H and O–H groups in total. The Hall–Kier alpha value is -0.720. The van der Waals surface area contributed by atoms with E-state index in [1.807, 2.05) is 37.7 Å². The summed E-state index contributed by atoms with van der Waals surface area (Å²) in [5, 5.41) is 3.38. The summed E-state index contributed by atoms with van der Waals surface area (Å²) in [6, 6.07) is 6.86. The van der Waals surface area contributed by atoms with Crippen LogP contribution in [0, 0.1) is 5.92 Å². The molecule has 20 heavy (non-hydrogen) atoms. The van der Waals surface area contributed by atoms with Crippen LogP contribution in [0.4, 0.5) is 5.69 Å². The van der Waals surface area contributed by atoms with Crippen LogP contribution in [0.1, 0.15) is 20.3 Å². The zero-order valence-corrected chi connectivity index (χ0v) is 13.6. The third-order valence-corrected chi connectivity index (χ3v) is 6.08. The van der Waals surface area contributed by atoms with E-state index < -0.39 is 10.0 Å². The molecule has 6 heteroatoms. The van der Waals surface area contributed by atoms with Crippen LogP contribution in [0.2, 0.25) is 0 Å². The van der Waals surface area contributed by atoms with E-state index in [9.17, 15) is 8.42 Å². The van der Waals surface area contributed by atoms with Crippen molar-refractivity contribution in [3.05, 3.63) is 24.3 Å². The van der Waals surface area contributed by atoms with Crippen LogP contribution in [0.3, 0.4) is 0 Å². The van der Waals surface area contributed by atoms with E-state index in [0.717, 1.165) is 18.2 Å². The van der Waals surface area contributed by atoms with Crippen molar-refractivity contribution in [1.82, 2.24) is 4.72 Å². The van der Waals surface area contributed by atoms with Gasteiger partial charge >= 0.3 is 0 Å². The molecule has 1 aliphatic heterocycles. The predicted octanol–water partition coefficient (Wildman–Crippen LogP) is 2.54. The van der Waals surface area contributed by atoms with Crippen molar-refractivity contribution < 1.29 is 8.42 Å². The first-order valence-corrected chi connectivity index (χ1v) is 9.55. The van der Waals surface area contributed by atoms with Gasteiger partial charge < -0.3 is 5.32 Å². The Morgan fingerprint density at radius 2 is 2.00 bits per heavy atom. The van der Waals surface area contributed by atoms with Gasteiger partial charge in [-0.3, -0.25) is 0 Å². The van der Waals surface area contributed by atoms with Crippen molar-refractivity contribution in [3.8, 4) is 0 Å². The number of hydrogen-bond acceptors (Lipinski definition) is 4. The van der Waals surface area contributed by atoms with Gasteiger partial charge in [-0.15, -0.1) is 0 Å². The number of hydrogen-bond donors (Lipinski definition) is 2. The molecule has 1 heterocycles. The molecule has 1 atom stereocenters. The second-order valence-electron chi connectivity index (χ2n) is 5.41. The van der Waals surface area contributed by atoms with Crippen molar-refractivity contribution in [3.63, 3.8) is 0 Å². The molecule has 0 radical (unpaired) electrons. The van der Waals surface area contributed by atoms with E-state index >= 15 is 0 Å². The summed E-state index contributed by atoms with van der Waals surface area (Å²) >= 11 is 2.00. The quantitative estimate of drug-likeness (QED) is 0.847. The molecule has 1 aromatic rings. The van der Waals surface area contributed by atoms with Gasteiger partial charge in [0.25, 0.3) is 0 Å². The van der Waals surface area contributed by atoms with Gasteiger partial charge in [0.2, 0.25) is 10.0 Å². The van der Waals surface area contributed by atoms with Crippen LogP contribution in [0.25, 0.3) is 0 Å². The Morgan fingerprint density at radius 3 is 2.55 bits per heavy atom. The van der Waals surface area contributed by atoms with Crippen LogP contribution < -0.4 is 10.0 Å². The molecule has 112 valence electrons. The van der Waals surface area contributed by atoms with Crippen LogP contribution in [0.15, 0.2) is 29.2 Å². The fraction of sp³-hybridized carbons (Fsp3) is 0.571. The molecule has 0 amide bonds. The number of anilines is 1. The lowest BCUT2D eigenvalue weighted by Gasteiger charge is -2.13. The van der Waals surface area contributed by atoms with Crippen molar-refractivity contribution in [2.75, 3.05) is 23.4 Å². The predicted molar refractivity (Wildman–Crippen MR) is 85.8 cm³/mol. The number of sulfonamides is 1. The van der Waals surface area contributed by atoms with Gasteiger partial charge in [-0.2, -0.15) is 11.8 Å². The second-order valence-corrected chi connectivity index (χ2v) is 8.27. The van der Waals surface area contributed by atoms with Gasteiger partial charge in [0.05, 0.1) is 4.90 Å². The summed E-state index contributed by atoms with van der Waals surface area (Å²) in [6.07, 6.45) is 1.27. The standard InChI is InChI=1S/C14H22N2O2S2/c1-11(2)16-20(17,18)14-5-3-13(4-6-14)15-9-12-7-8-19-10-12/h3-6,11-12,15-16H,7-10H2,1-2H3. The summed E-state index contributed by atoms with van der Waals surface area (Å²) in [6.45, 7) is 4.59. The average Bonchev–Trinajstić information content (AvgIpc) is 2.88. The molecular formula is C14H22N2O2S2. The van der Waals surface area contributed by atoms with E-state index in [2.05, 4.69) is 10.0 Å². The first-order valence-electron chi connectivity index (χ1n) is 6.91. The molecule has 0 saturated carbocycles. The monoisotopic (exact) mass is 314 g/mol. The maximum Gasteiger partial charge on any atom is 0.240 e. The van der Waals surface area contributed by atoms with Crippen molar-refractivity contribution in [1.29, 1.82) is 0 Å². The summed E-state index contributed by atoms with van der Waals surface area (Å²) in [5.74, 6) is 3.20. The third kappa shape index (κ3) is 4.40. The largest absolute Gasteiger partial charge is 0.385 e. The highest BCUT2D eigenvalue weighted by Crippen LogP contribution is 2.24. The minimum Gasteiger partial charge on any atom is -0.385 e. The maximum absolute atomic E-state index is 12.0. The first-order chi connectivity index (χ1) is 9.47. The number of rotatable bonds is 6. The van der Waals surface area contributed by atoms with Gasteiger partial charge in [0.15, 0.2) is 0 Å². The van der Waals surface area contributed by atoms with Gasteiger partial charge in [-0.1, -0.05) is 0 Å². The number of nitrogens with one attached hydrogen (secondary N) is 2. The molecule has 1 fully saturated rings. The minimum atomic E-state index is -3.39. The Bertz CT molecular complexity index is 521. The normalized spacial score (nSPS) is 19.4. The number of thioether (sulfide) groups is 1. The lowest BCUT2D eigenvalue weighted by molar-refractivity contribution is 0.570. The minimum absolute atomic E-state index is 0.0994. The molecule has 0 aliphatic carbocycles. The lowest BCUT2D eigenvalue weighted by Crippen LogP contribution is -2.30. The molecule has 1 aromatic carbocycles. The third-order valence-electron chi connectivity index (χ3n) is 3.17. The zero-order valence-electron chi connectivity index (χ0n) is 11.9. The molecule has 0 spiro atoms. The van der Waals surface area contributed by atoms with E-state index in [4.69, 9.17) is 0 Å². The summed E-state index contributed by atoms with van der Waals surface area (Å²) in [5.41, 5.74) is 0.977. The van der Waals surface area contributed by atoms with Gasteiger partial charge in [-0.05, 0) is 62.0 Å². The summed E-state index contributed by atoms with van der Waals surface area (Å²) in [4.78, 5) is 0.313. The van der Waals surface area contributed by atoms with Crippen LogP contribution >= 0.6 is 11.8 Å². The SMILES string of the molecule is CC(C)NS(=O)(=O)c1ccc(NCC2CCSC2)cc1. The van der Waals surface area contributed by atoms with Gasteiger partial charge in [0.1, 0.15) is 0 Å². The summed E-state index contributed by atoms with van der Waals surface area (Å²) < 4.78 is 26.6. The molecule has 2 rings (SSSR count). The highest BCUT2D eigenvalue weighted by Gasteiger charge is 2.16. The zero-order chi connectivity index (χ0) is 14.6. The smallest absolute Gasteiger partial charge is 0.240 e. The molecule has 1 saturated heterocycles. The Balaban J connectivity index is 1.95. The van der Waals surface area contributed by atoms with Crippen molar-refractivity contribution in [2.45, 2.75) is 31.2 Å². The second kappa shape index (κ2) is 6.83. The highest BCUT2D eigenvalue weighted by atomic mass is 32.2. The average molecular weight is 314 g/mol. The Kier molecular flexibility index (Phi) is 5.35. The van der Waals surface area contributed by atoms with Crippen LogP contribution in [-0.4, -0.2) is 32.5 Å². The topological polar surface area (TPSA) is 58.2 Å². The Morgan fingerprint density at radius 1 is 1.30 bits per heavy atom. The van der Waals surface area contributed by atoms with E-state index in [0.29, 0.717) is 4.90 Å². The van der Waals surface area contributed by atoms with Gasteiger partial charge in [-0.25, -0.2) is 13.1 Å². The van der Waals surface area contributed by atoms with Crippen LogP contribution in [0.5, 0.6) is 0 Å². The molecule has 0 aromatic heterocycles. The summed E-state index contributed by atoms with van der Waals surface area (Å²) in [7, 11) is -3.39. The fourth-order valence-electron chi connectivity index (χ4n) is 2.14. The molecule has 4 nitrogen and oxygen atoms in total. The van der Waals surface area contributed by atoms with Crippen LogP contribution in [-0.2, 0) is 10.0 Å². The molecular weight excluding hydrogens is 292 g/mol.